The van der Waals surface area contributed by atoms with E-state index in [1.54, 1.807) is 0 Å². The summed E-state index contributed by atoms with van der Waals surface area (Å²) < 4.78 is 5.94. The second kappa shape index (κ2) is 17.6. The molecular weight excluding hydrogens is 346 g/mol. The Labute approximate surface area is 173 Å². The number of oxime groups is 1. The van der Waals surface area contributed by atoms with Gasteiger partial charge in [0.15, 0.2) is 0 Å². The van der Waals surface area contributed by atoms with E-state index in [-0.39, 0.29) is 0 Å². The van der Waals surface area contributed by atoms with Crippen LogP contribution in [0.3, 0.4) is 0 Å². The van der Waals surface area contributed by atoms with Crippen LogP contribution in [0.1, 0.15) is 116 Å². The Bertz CT molecular complexity index is 513. The molecule has 3 heteroatoms. The van der Waals surface area contributed by atoms with Gasteiger partial charge in [-0.15, -0.1) is 0 Å². The second-order valence-corrected chi connectivity index (χ2v) is 7.84. The van der Waals surface area contributed by atoms with Crippen molar-refractivity contribution >= 4 is 5.71 Å². The van der Waals surface area contributed by atoms with E-state index in [9.17, 15) is 0 Å². The number of nitrogens with zero attached hydrogens (tertiary/aromatic N) is 1. The van der Waals surface area contributed by atoms with Crippen molar-refractivity contribution < 1.29 is 9.94 Å². The summed E-state index contributed by atoms with van der Waals surface area (Å²) in [4.78, 5) is 0. The Kier molecular flexibility index (Phi) is 15.4. The zero-order chi connectivity index (χ0) is 20.3. The normalized spacial score (nSPS) is 11.7. The molecule has 0 heterocycles. The summed E-state index contributed by atoms with van der Waals surface area (Å²) in [5.74, 6) is 0.826. The average Bonchev–Trinajstić information content (AvgIpc) is 2.72. The van der Waals surface area contributed by atoms with Crippen molar-refractivity contribution in [1.82, 2.24) is 0 Å². The fraction of sp³-hybridized carbons (Fsp3) is 0.720. The minimum atomic E-state index is 0.677. The Balaban J connectivity index is 1.98. The van der Waals surface area contributed by atoms with Gasteiger partial charge in [0.1, 0.15) is 5.75 Å². The SMILES string of the molecule is CCCCCCCCCCCCCCCCOc1ccccc1/C(CC)=N/O. The maximum Gasteiger partial charge on any atom is 0.128 e. The Morgan fingerprint density at radius 1 is 0.750 bits per heavy atom. The summed E-state index contributed by atoms with van der Waals surface area (Å²) in [7, 11) is 0. The van der Waals surface area contributed by atoms with Crippen LogP contribution in [0.5, 0.6) is 5.75 Å². The molecule has 1 aromatic rings. The highest BCUT2D eigenvalue weighted by molar-refractivity contribution is 6.02. The lowest BCUT2D eigenvalue weighted by Gasteiger charge is -2.11. The van der Waals surface area contributed by atoms with Gasteiger partial charge in [-0.2, -0.15) is 0 Å². The molecule has 28 heavy (non-hydrogen) atoms. The third kappa shape index (κ3) is 11.4. The molecule has 0 aliphatic carbocycles. The van der Waals surface area contributed by atoms with Gasteiger partial charge in [-0.25, -0.2) is 0 Å². The molecule has 0 saturated carbocycles. The fourth-order valence-corrected chi connectivity index (χ4v) is 3.62. The van der Waals surface area contributed by atoms with Gasteiger partial charge in [0.25, 0.3) is 0 Å². The molecule has 0 fully saturated rings. The number of hydrogen-bond donors (Lipinski definition) is 1. The van der Waals surface area contributed by atoms with Crippen molar-refractivity contribution in [3.05, 3.63) is 29.8 Å². The molecule has 0 aliphatic rings. The lowest BCUT2D eigenvalue weighted by molar-refractivity contribution is 0.301. The smallest absolute Gasteiger partial charge is 0.128 e. The van der Waals surface area contributed by atoms with Gasteiger partial charge in [0.05, 0.1) is 12.3 Å². The molecule has 1 N–H and O–H groups in total. The number of hydrogen-bond acceptors (Lipinski definition) is 3. The van der Waals surface area contributed by atoms with Gasteiger partial charge in [-0.3, -0.25) is 0 Å². The summed E-state index contributed by atoms with van der Waals surface area (Å²) >= 11 is 0. The van der Waals surface area contributed by atoms with Crippen LogP contribution in [0.2, 0.25) is 0 Å². The first-order chi connectivity index (χ1) is 13.8. The Morgan fingerprint density at radius 2 is 1.25 bits per heavy atom. The van der Waals surface area contributed by atoms with Crippen molar-refractivity contribution in [2.75, 3.05) is 6.61 Å². The molecule has 0 bridgehead atoms. The predicted octanol–water partition coefficient (Wildman–Crippen LogP) is 8.14. The van der Waals surface area contributed by atoms with Crippen molar-refractivity contribution in [1.29, 1.82) is 0 Å². The molecule has 0 saturated heterocycles. The Hall–Kier alpha value is -1.51. The van der Waals surface area contributed by atoms with Gasteiger partial charge < -0.3 is 9.94 Å². The summed E-state index contributed by atoms with van der Waals surface area (Å²) in [5.41, 5.74) is 1.58. The Morgan fingerprint density at radius 3 is 1.75 bits per heavy atom. The topological polar surface area (TPSA) is 41.8 Å². The van der Waals surface area contributed by atoms with Crippen LogP contribution in [0, 0.1) is 0 Å². The summed E-state index contributed by atoms with van der Waals surface area (Å²) in [6.45, 7) is 5.00. The monoisotopic (exact) mass is 389 g/mol. The zero-order valence-electron chi connectivity index (χ0n) is 18.4. The minimum absolute atomic E-state index is 0.677. The van der Waals surface area contributed by atoms with Gasteiger partial charge >= 0.3 is 0 Å². The molecule has 0 aromatic heterocycles. The molecule has 3 nitrogen and oxygen atoms in total. The largest absolute Gasteiger partial charge is 0.493 e. The number of benzene rings is 1. The highest BCUT2D eigenvalue weighted by Gasteiger charge is 2.08. The highest BCUT2D eigenvalue weighted by Crippen LogP contribution is 2.21. The van der Waals surface area contributed by atoms with Gasteiger partial charge in [-0.05, 0) is 25.0 Å². The van der Waals surface area contributed by atoms with Gasteiger partial charge in [0, 0.05) is 5.56 Å². The zero-order valence-corrected chi connectivity index (χ0v) is 18.4. The third-order valence-corrected chi connectivity index (χ3v) is 5.41. The molecule has 0 aliphatic heterocycles. The number of para-hydroxylation sites is 1. The van der Waals surface area contributed by atoms with Gasteiger partial charge in [0.2, 0.25) is 0 Å². The van der Waals surface area contributed by atoms with E-state index in [1.807, 2.05) is 31.2 Å². The third-order valence-electron chi connectivity index (χ3n) is 5.41. The average molecular weight is 390 g/mol. The molecule has 1 aromatic carbocycles. The first-order valence-electron chi connectivity index (χ1n) is 11.8. The number of unbranched alkanes of at least 4 members (excludes halogenated alkanes) is 13. The number of ether oxygens (including phenoxy) is 1. The lowest BCUT2D eigenvalue weighted by Crippen LogP contribution is -2.05. The van der Waals surface area contributed by atoms with E-state index < -0.39 is 0 Å². The van der Waals surface area contributed by atoms with Crippen LogP contribution in [0.4, 0.5) is 0 Å². The highest BCUT2D eigenvalue weighted by atomic mass is 16.5. The molecular formula is C25H43NO2. The van der Waals surface area contributed by atoms with Crippen LogP contribution in [0.15, 0.2) is 29.4 Å². The maximum atomic E-state index is 9.14. The first kappa shape index (κ1) is 24.5. The standard InChI is InChI=1S/C25H43NO2/c1-3-5-6-7-8-9-10-11-12-13-14-15-16-19-22-28-25-21-18-17-20-23(25)24(4-2)26-27/h17-18,20-21,27H,3-16,19,22H2,1-2H3/b26-24+. The van der Waals surface area contributed by atoms with E-state index in [0.717, 1.165) is 24.3 Å². The molecule has 160 valence electrons. The van der Waals surface area contributed by atoms with Crippen molar-refractivity contribution in [2.24, 2.45) is 5.16 Å². The molecule has 1 rings (SSSR count). The van der Waals surface area contributed by atoms with Crippen LogP contribution in [-0.4, -0.2) is 17.5 Å². The van der Waals surface area contributed by atoms with Crippen LogP contribution < -0.4 is 4.74 Å². The summed E-state index contributed by atoms with van der Waals surface area (Å²) in [5, 5.41) is 12.5. The first-order valence-corrected chi connectivity index (χ1v) is 11.8. The van der Waals surface area contributed by atoms with Crippen molar-refractivity contribution in [3.63, 3.8) is 0 Å². The molecule has 0 amide bonds. The second-order valence-electron chi connectivity index (χ2n) is 7.84. The molecule has 0 radical (unpaired) electrons. The predicted molar refractivity (Wildman–Crippen MR) is 121 cm³/mol. The molecule has 0 unspecified atom stereocenters. The fourth-order valence-electron chi connectivity index (χ4n) is 3.62. The van der Waals surface area contributed by atoms with E-state index in [2.05, 4.69) is 12.1 Å². The minimum Gasteiger partial charge on any atom is -0.493 e. The summed E-state index contributed by atoms with van der Waals surface area (Å²) in [6.07, 6.45) is 19.8. The van der Waals surface area contributed by atoms with Gasteiger partial charge in [-0.1, -0.05) is 115 Å². The van der Waals surface area contributed by atoms with Crippen LogP contribution in [0.25, 0.3) is 0 Å². The van der Waals surface area contributed by atoms with Crippen molar-refractivity contribution in [2.45, 2.75) is 110 Å². The summed E-state index contributed by atoms with van der Waals surface area (Å²) in [6, 6.07) is 7.84. The number of rotatable bonds is 18. The molecule has 0 spiro atoms. The molecule has 0 atom stereocenters. The van der Waals surface area contributed by atoms with E-state index in [0.29, 0.717) is 12.1 Å². The van der Waals surface area contributed by atoms with Crippen molar-refractivity contribution in [3.8, 4) is 5.75 Å². The van der Waals surface area contributed by atoms with E-state index in [1.165, 1.54) is 83.5 Å². The van der Waals surface area contributed by atoms with Crippen LogP contribution in [-0.2, 0) is 0 Å². The van der Waals surface area contributed by atoms with Crippen LogP contribution >= 0.6 is 0 Å². The maximum absolute atomic E-state index is 9.14. The quantitative estimate of drug-likeness (QED) is 0.119. The van der Waals surface area contributed by atoms with E-state index >= 15 is 0 Å². The lowest BCUT2D eigenvalue weighted by atomic mass is 10.0. The van der Waals surface area contributed by atoms with E-state index in [4.69, 9.17) is 9.94 Å².